The summed E-state index contributed by atoms with van der Waals surface area (Å²) in [6.45, 7) is 2.71. The summed E-state index contributed by atoms with van der Waals surface area (Å²) in [7, 11) is 0. The number of ether oxygens (including phenoxy) is 1. The third kappa shape index (κ3) is 6.08. The Bertz CT molecular complexity index is 1320. The summed E-state index contributed by atoms with van der Waals surface area (Å²) in [4.78, 5) is 19.9. The molecule has 1 unspecified atom stereocenters. The highest BCUT2D eigenvalue weighted by Crippen LogP contribution is 2.37. The van der Waals surface area contributed by atoms with Crippen molar-refractivity contribution < 1.29 is 27.1 Å². The number of alkyl halides is 3. The zero-order valence-electron chi connectivity index (χ0n) is 21.5. The Hall–Kier alpha value is -3.46. The smallest absolute Gasteiger partial charge is 0.419 e. The molecule has 0 bridgehead atoms. The maximum atomic E-state index is 13.9. The van der Waals surface area contributed by atoms with E-state index in [0.29, 0.717) is 17.0 Å². The van der Waals surface area contributed by atoms with E-state index in [4.69, 9.17) is 10.5 Å². The molecule has 2 heterocycles. The van der Waals surface area contributed by atoms with E-state index in [1.54, 1.807) is 6.07 Å². The molecule has 0 spiro atoms. The van der Waals surface area contributed by atoms with Crippen molar-refractivity contribution in [2.45, 2.75) is 44.9 Å². The van der Waals surface area contributed by atoms with Gasteiger partial charge in [-0.3, -0.25) is 4.79 Å². The van der Waals surface area contributed by atoms with Crippen LogP contribution in [0.2, 0.25) is 0 Å². The normalized spacial score (nSPS) is 19.9. The Kier molecular flexibility index (Phi) is 7.88. The van der Waals surface area contributed by atoms with Crippen LogP contribution in [0.3, 0.4) is 0 Å². The predicted octanol–water partition coefficient (Wildman–Crippen LogP) is 6.76. The van der Waals surface area contributed by atoms with Crippen LogP contribution in [0.25, 0.3) is 11.1 Å². The topological polar surface area (TPSA) is 68.5 Å². The molecule has 1 saturated heterocycles. The molecule has 5 nitrogen and oxygen atoms in total. The standard InChI is InChI=1S/C30H31F4N3O2/c31-25-8-4-6-22(27(25)30(32,33)34)18-39-26-15-23(16-36-29(26)35)19-9-11-20(12-10-19)28(38)24-7-3-5-21(24)17-37-13-1-2-14-37/h4,6,8-12,15-16,21,24H,1-3,5,7,13-14,17-18H2,(H2,35,36)/t21-,24?/m1/s1. The van der Waals surface area contributed by atoms with E-state index < -0.39 is 24.2 Å². The van der Waals surface area contributed by atoms with Crippen LogP contribution in [0, 0.1) is 17.7 Å². The minimum absolute atomic E-state index is 0.000729. The number of halogens is 4. The summed E-state index contributed by atoms with van der Waals surface area (Å²) in [6.07, 6.45) is 2.23. The first-order chi connectivity index (χ1) is 18.7. The van der Waals surface area contributed by atoms with E-state index >= 15 is 0 Å². The molecule has 0 radical (unpaired) electrons. The number of ketones is 1. The molecule has 3 aromatic rings. The van der Waals surface area contributed by atoms with Crippen LogP contribution in [0.4, 0.5) is 23.4 Å². The van der Waals surface area contributed by atoms with Gasteiger partial charge in [-0.15, -0.1) is 0 Å². The molecule has 2 aliphatic rings. The van der Waals surface area contributed by atoms with Crippen molar-refractivity contribution in [3.63, 3.8) is 0 Å². The fraction of sp³-hybridized carbons (Fsp3) is 0.400. The summed E-state index contributed by atoms with van der Waals surface area (Å²) >= 11 is 0. The maximum absolute atomic E-state index is 13.9. The second kappa shape index (κ2) is 11.3. The van der Waals surface area contributed by atoms with E-state index in [2.05, 4.69) is 9.88 Å². The highest BCUT2D eigenvalue weighted by Gasteiger charge is 2.37. The molecule has 206 valence electrons. The van der Waals surface area contributed by atoms with Crippen molar-refractivity contribution in [1.29, 1.82) is 0 Å². The molecule has 1 aromatic heterocycles. The first-order valence-corrected chi connectivity index (χ1v) is 13.3. The minimum Gasteiger partial charge on any atom is -0.485 e. The largest absolute Gasteiger partial charge is 0.485 e. The summed E-state index contributed by atoms with van der Waals surface area (Å²) in [5.74, 6) is -0.663. The molecule has 39 heavy (non-hydrogen) atoms. The molecule has 1 aliphatic carbocycles. The number of carbonyl (C=O) groups is 1. The van der Waals surface area contributed by atoms with E-state index in [1.807, 2.05) is 24.3 Å². The fourth-order valence-corrected chi connectivity index (χ4v) is 5.83. The molecule has 1 aliphatic heterocycles. The monoisotopic (exact) mass is 541 g/mol. The lowest BCUT2D eigenvalue weighted by molar-refractivity contribution is -0.141. The van der Waals surface area contributed by atoms with Crippen LogP contribution in [0.1, 0.15) is 53.6 Å². The Morgan fingerprint density at radius 3 is 2.49 bits per heavy atom. The SMILES string of the molecule is Nc1ncc(-c2ccc(C(=O)C3CCC[C@@H]3CN3CCCC3)cc2)cc1OCc1cccc(F)c1C(F)(F)F. The van der Waals surface area contributed by atoms with Crippen molar-refractivity contribution in [1.82, 2.24) is 9.88 Å². The molecule has 5 rings (SSSR count). The predicted molar refractivity (Wildman–Crippen MR) is 141 cm³/mol. The first-order valence-electron chi connectivity index (χ1n) is 13.3. The average molecular weight is 542 g/mol. The summed E-state index contributed by atoms with van der Waals surface area (Å²) in [5.41, 5.74) is 6.25. The van der Waals surface area contributed by atoms with E-state index in [9.17, 15) is 22.4 Å². The van der Waals surface area contributed by atoms with Crippen LogP contribution >= 0.6 is 0 Å². The lowest BCUT2D eigenvalue weighted by Crippen LogP contribution is -2.31. The number of nitrogen functional groups attached to an aromatic ring is 1. The van der Waals surface area contributed by atoms with Gasteiger partial charge in [-0.05, 0) is 62.4 Å². The van der Waals surface area contributed by atoms with Gasteiger partial charge in [0.05, 0.1) is 5.56 Å². The molecular formula is C30H31F4N3O2. The number of anilines is 1. The number of nitrogens with zero attached hydrogens (tertiary/aromatic N) is 2. The van der Waals surface area contributed by atoms with Crippen LogP contribution in [-0.2, 0) is 12.8 Å². The number of carbonyl (C=O) groups excluding carboxylic acids is 1. The minimum atomic E-state index is -4.86. The zero-order chi connectivity index (χ0) is 27.6. The van der Waals surface area contributed by atoms with E-state index in [-0.39, 0.29) is 28.8 Å². The number of hydrogen-bond donors (Lipinski definition) is 1. The first kappa shape index (κ1) is 27.1. The van der Waals surface area contributed by atoms with Gasteiger partial charge < -0.3 is 15.4 Å². The van der Waals surface area contributed by atoms with Gasteiger partial charge >= 0.3 is 6.18 Å². The van der Waals surface area contributed by atoms with Gasteiger partial charge in [0.25, 0.3) is 0 Å². The Morgan fingerprint density at radius 2 is 1.77 bits per heavy atom. The number of aromatic nitrogens is 1. The molecular weight excluding hydrogens is 510 g/mol. The molecule has 2 atom stereocenters. The summed E-state index contributed by atoms with van der Waals surface area (Å²) < 4.78 is 59.5. The second-order valence-corrected chi connectivity index (χ2v) is 10.4. The average Bonchev–Trinajstić information content (AvgIpc) is 3.60. The van der Waals surface area contributed by atoms with Gasteiger partial charge in [0.1, 0.15) is 12.4 Å². The van der Waals surface area contributed by atoms with Gasteiger partial charge in [0, 0.05) is 35.3 Å². The maximum Gasteiger partial charge on any atom is 0.419 e. The number of hydrogen-bond acceptors (Lipinski definition) is 5. The van der Waals surface area contributed by atoms with Crippen molar-refractivity contribution >= 4 is 11.6 Å². The number of benzene rings is 2. The molecule has 9 heteroatoms. The van der Waals surface area contributed by atoms with Crippen molar-refractivity contribution in [2.24, 2.45) is 11.8 Å². The molecule has 0 amide bonds. The number of likely N-dealkylation sites (tertiary alicyclic amines) is 1. The van der Waals surface area contributed by atoms with Gasteiger partial charge in [-0.1, -0.05) is 42.8 Å². The van der Waals surface area contributed by atoms with Gasteiger partial charge in [0.15, 0.2) is 17.4 Å². The quantitative estimate of drug-likeness (QED) is 0.252. The van der Waals surface area contributed by atoms with E-state index in [1.165, 1.54) is 25.1 Å². The third-order valence-electron chi connectivity index (χ3n) is 7.84. The highest BCUT2D eigenvalue weighted by molar-refractivity contribution is 5.98. The number of nitrogens with two attached hydrogens (primary N) is 1. The van der Waals surface area contributed by atoms with Gasteiger partial charge in [-0.2, -0.15) is 13.2 Å². The van der Waals surface area contributed by atoms with Crippen LogP contribution in [0.15, 0.2) is 54.7 Å². The molecule has 2 fully saturated rings. The lowest BCUT2D eigenvalue weighted by Gasteiger charge is -2.24. The third-order valence-corrected chi connectivity index (χ3v) is 7.84. The highest BCUT2D eigenvalue weighted by atomic mass is 19.4. The van der Waals surface area contributed by atoms with Crippen LogP contribution < -0.4 is 10.5 Å². The van der Waals surface area contributed by atoms with Crippen molar-refractivity contribution in [3.05, 3.63) is 77.2 Å². The van der Waals surface area contributed by atoms with Gasteiger partial charge in [0.2, 0.25) is 0 Å². The molecule has 2 aromatic carbocycles. The molecule has 2 N–H and O–H groups in total. The number of pyridine rings is 1. The number of Topliss-reactive ketones (excluding diaryl/α,β-unsaturated/α-hetero) is 1. The van der Waals surface area contributed by atoms with Crippen LogP contribution in [-0.4, -0.2) is 35.3 Å². The van der Waals surface area contributed by atoms with Crippen molar-refractivity contribution in [3.8, 4) is 16.9 Å². The summed E-state index contributed by atoms with van der Waals surface area (Å²) in [5, 5.41) is 0. The lowest BCUT2D eigenvalue weighted by atomic mass is 9.87. The second-order valence-electron chi connectivity index (χ2n) is 10.4. The van der Waals surface area contributed by atoms with Crippen LogP contribution in [0.5, 0.6) is 5.75 Å². The van der Waals surface area contributed by atoms with E-state index in [0.717, 1.165) is 56.6 Å². The summed E-state index contributed by atoms with van der Waals surface area (Å²) in [6, 6.07) is 12.0. The Balaban J connectivity index is 1.29. The fourth-order valence-electron chi connectivity index (χ4n) is 5.83. The van der Waals surface area contributed by atoms with Gasteiger partial charge in [-0.25, -0.2) is 9.37 Å². The molecule has 1 saturated carbocycles. The Labute approximate surface area is 225 Å². The van der Waals surface area contributed by atoms with Crippen molar-refractivity contribution in [2.75, 3.05) is 25.4 Å². The number of rotatable bonds is 8. The zero-order valence-corrected chi connectivity index (χ0v) is 21.5. The Morgan fingerprint density at radius 1 is 1.03 bits per heavy atom.